The van der Waals surface area contributed by atoms with Crippen LogP contribution in [0.15, 0.2) is 78.9 Å². The lowest BCUT2D eigenvalue weighted by Crippen LogP contribution is -2.44. The van der Waals surface area contributed by atoms with Crippen LogP contribution in [0.25, 0.3) is 10.9 Å². The third-order valence-electron chi connectivity index (χ3n) is 7.89. The molecule has 37 heavy (non-hydrogen) atoms. The SMILES string of the molecule is O=C(NC1CCc2ccccc21)C1CCN(C(=O)c2cc3ccccc3n2Cc2ccc(Cl)cc2)CC1. The van der Waals surface area contributed by atoms with Gasteiger partial charge in [-0.25, -0.2) is 0 Å². The van der Waals surface area contributed by atoms with Crippen molar-refractivity contribution in [2.45, 2.75) is 38.3 Å². The molecule has 1 aliphatic carbocycles. The van der Waals surface area contributed by atoms with Gasteiger partial charge in [-0.1, -0.05) is 66.2 Å². The molecule has 1 saturated heterocycles. The summed E-state index contributed by atoms with van der Waals surface area (Å²) in [6, 6.07) is 26.3. The van der Waals surface area contributed by atoms with Gasteiger partial charge in [0.05, 0.1) is 6.04 Å². The van der Waals surface area contributed by atoms with Crippen LogP contribution >= 0.6 is 11.6 Å². The second kappa shape index (κ2) is 10.1. The molecule has 1 fully saturated rings. The van der Waals surface area contributed by atoms with Crippen LogP contribution in [0, 0.1) is 5.92 Å². The fraction of sp³-hybridized carbons (Fsp3) is 0.290. The van der Waals surface area contributed by atoms with E-state index in [0.29, 0.717) is 43.2 Å². The molecule has 2 heterocycles. The molecule has 1 atom stereocenters. The van der Waals surface area contributed by atoms with Crippen LogP contribution in [0.2, 0.25) is 5.02 Å². The molecule has 6 rings (SSSR count). The highest BCUT2D eigenvalue weighted by molar-refractivity contribution is 6.30. The number of nitrogens with zero attached hydrogens (tertiary/aromatic N) is 2. The Morgan fingerprint density at radius 3 is 2.43 bits per heavy atom. The van der Waals surface area contributed by atoms with Gasteiger partial charge in [-0.2, -0.15) is 0 Å². The number of carbonyl (C=O) groups is 2. The molecule has 6 heteroatoms. The largest absolute Gasteiger partial charge is 0.349 e. The van der Waals surface area contributed by atoms with Gasteiger partial charge in [0, 0.05) is 41.5 Å². The lowest BCUT2D eigenvalue weighted by Gasteiger charge is -2.32. The molecule has 188 valence electrons. The van der Waals surface area contributed by atoms with Gasteiger partial charge in [0.15, 0.2) is 0 Å². The number of hydrogen-bond acceptors (Lipinski definition) is 2. The minimum atomic E-state index is -0.0586. The van der Waals surface area contributed by atoms with Crippen molar-refractivity contribution in [2.75, 3.05) is 13.1 Å². The molecule has 4 aromatic rings. The van der Waals surface area contributed by atoms with E-state index in [-0.39, 0.29) is 23.8 Å². The molecule has 2 aliphatic rings. The zero-order chi connectivity index (χ0) is 25.4. The number of amides is 2. The normalized spacial score (nSPS) is 17.6. The van der Waals surface area contributed by atoms with Crippen LogP contribution in [-0.2, 0) is 17.8 Å². The van der Waals surface area contributed by atoms with Crippen molar-refractivity contribution < 1.29 is 9.59 Å². The molecule has 2 amide bonds. The van der Waals surface area contributed by atoms with Gasteiger partial charge in [-0.15, -0.1) is 0 Å². The van der Waals surface area contributed by atoms with E-state index < -0.39 is 0 Å². The summed E-state index contributed by atoms with van der Waals surface area (Å²) in [5.74, 6) is 0.0798. The zero-order valence-electron chi connectivity index (χ0n) is 20.7. The standard InChI is InChI=1S/C31H30ClN3O2/c32-25-12-9-21(10-13-25)20-35-28-8-4-2-6-24(28)19-29(35)31(37)34-17-15-23(16-18-34)30(36)33-27-14-11-22-5-1-3-7-26(22)27/h1-10,12-13,19,23,27H,11,14-18,20H2,(H,33,36). The summed E-state index contributed by atoms with van der Waals surface area (Å²) >= 11 is 6.08. The summed E-state index contributed by atoms with van der Waals surface area (Å²) in [5.41, 5.74) is 5.39. The molecular weight excluding hydrogens is 482 g/mol. The molecule has 1 aliphatic heterocycles. The van der Waals surface area contributed by atoms with E-state index >= 15 is 0 Å². The van der Waals surface area contributed by atoms with Crippen LogP contribution in [0.1, 0.15) is 52.5 Å². The Balaban J connectivity index is 1.15. The van der Waals surface area contributed by atoms with E-state index in [1.165, 1.54) is 11.1 Å². The van der Waals surface area contributed by atoms with Gasteiger partial charge in [0.2, 0.25) is 5.91 Å². The third kappa shape index (κ3) is 4.76. The predicted octanol–water partition coefficient (Wildman–Crippen LogP) is 6.00. The lowest BCUT2D eigenvalue weighted by atomic mass is 9.95. The molecule has 0 radical (unpaired) electrons. The first kappa shape index (κ1) is 23.8. The summed E-state index contributed by atoms with van der Waals surface area (Å²) in [7, 11) is 0. The first-order chi connectivity index (χ1) is 18.1. The number of halogens is 1. The Bertz CT molecular complexity index is 1450. The number of aromatic nitrogens is 1. The zero-order valence-corrected chi connectivity index (χ0v) is 21.5. The second-order valence-electron chi connectivity index (χ2n) is 10.2. The number of rotatable bonds is 5. The number of carbonyl (C=O) groups excluding carboxylic acids is 2. The summed E-state index contributed by atoms with van der Waals surface area (Å²) < 4.78 is 2.09. The monoisotopic (exact) mass is 511 g/mol. The van der Waals surface area contributed by atoms with E-state index in [4.69, 9.17) is 11.6 Å². The third-order valence-corrected chi connectivity index (χ3v) is 8.14. The minimum Gasteiger partial charge on any atom is -0.349 e. The molecule has 0 spiro atoms. The van der Waals surface area contributed by atoms with Crippen LogP contribution in [0.5, 0.6) is 0 Å². The summed E-state index contributed by atoms with van der Waals surface area (Å²) in [4.78, 5) is 28.7. The molecule has 3 aromatic carbocycles. The number of benzene rings is 3. The molecule has 1 unspecified atom stereocenters. The number of fused-ring (bicyclic) bond motifs is 2. The average Bonchev–Trinajstić information content (AvgIpc) is 3.51. The minimum absolute atomic E-state index is 0.0220. The molecule has 1 aromatic heterocycles. The lowest BCUT2D eigenvalue weighted by molar-refractivity contribution is -0.127. The number of piperidine rings is 1. The fourth-order valence-corrected chi connectivity index (χ4v) is 5.96. The highest BCUT2D eigenvalue weighted by Crippen LogP contribution is 2.32. The predicted molar refractivity (Wildman–Crippen MR) is 147 cm³/mol. The number of aryl methyl sites for hydroxylation is 1. The molecule has 1 N–H and O–H groups in total. The Labute approximate surface area is 222 Å². The van der Waals surface area contributed by atoms with Gasteiger partial charge in [-0.05, 0) is 66.6 Å². The van der Waals surface area contributed by atoms with Crippen LogP contribution in [0.3, 0.4) is 0 Å². The van der Waals surface area contributed by atoms with Crippen LogP contribution in [0.4, 0.5) is 0 Å². The van der Waals surface area contributed by atoms with Crippen LogP contribution in [-0.4, -0.2) is 34.4 Å². The number of para-hydroxylation sites is 1. The number of hydrogen-bond donors (Lipinski definition) is 1. The maximum absolute atomic E-state index is 13.7. The van der Waals surface area contributed by atoms with Gasteiger partial charge in [-0.3, -0.25) is 9.59 Å². The van der Waals surface area contributed by atoms with Gasteiger partial charge >= 0.3 is 0 Å². The topological polar surface area (TPSA) is 54.3 Å². The number of likely N-dealkylation sites (tertiary alicyclic amines) is 1. The Hall–Kier alpha value is -3.57. The van der Waals surface area contributed by atoms with Crippen LogP contribution < -0.4 is 5.32 Å². The molecular formula is C31H30ClN3O2. The maximum atomic E-state index is 13.7. The Kier molecular flexibility index (Phi) is 6.47. The van der Waals surface area contributed by atoms with E-state index in [0.717, 1.165) is 29.3 Å². The average molecular weight is 512 g/mol. The summed E-state index contributed by atoms with van der Waals surface area (Å²) in [5, 5.41) is 5.03. The van der Waals surface area contributed by atoms with Gasteiger partial charge in [0.1, 0.15) is 5.69 Å². The Morgan fingerprint density at radius 1 is 0.892 bits per heavy atom. The Morgan fingerprint density at radius 2 is 1.62 bits per heavy atom. The van der Waals surface area contributed by atoms with Crippen molar-refractivity contribution in [2.24, 2.45) is 5.92 Å². The van der Waals surface area contributed by atoms with E-state index in [1.807, 2.05) is 59.5 Å². The smallest absolute Gasteiger partial charge is 0.270 e. The highest BCUT2D eigenvalue weighted by atomic mass is 35.5. The molecule has 0 bridgehead atoms. The second-order valence-corrected chi connectivity index (χ2v) is 10.6. The van der Waals surface area contributed by atoms with Crippen molar-refractivity contribution in [1.29, 1.82) is 0 Å². The van der Waals surface area contributed by atoms with E-state index in [2.05, 4.69) is 34.1 Å². The highest BCUT2D eigenvalue weighted by Gasteiger charge is 2.32. The number of nitrogens with one attached hydrogen (secondary N) is 1. The summed E-state index contributed by atoms with van der Waals surface area (Å²) in [6.45, 7) is 1.76. The van der Waals surface area contributed by atoms with Crippen molar-refractivity contribution in [3.63, 3.8) is 0 Å². The quantitative estimate of drug-likeness (QED) is 0.357. The van der Waals surface area contributed by atoms with E-state index in [1.54, 1.807) is 0 Å². The maximum Gasteiger partial charge on any atom is 0.270 e. The van der Waals surface area contributed by atoms with Crippen molar-refractivity contribution in [1.82, 2.24) is 14.8 Å². The van der Waals surface area contributed by atoms with Crippen molar-refractivity contribution in [3.05, 3.63) is 106 Å². The first-order valence-corrected chi connectivity index (χ1v) is 13.4. The molecule has 5 nitrogen and oxygen atoms in total. The first-order valence-electron chi connectivity index (χ1n) is 13.1. The van der Waals surface area contributed by atoms with E-state index in [9.17, 15) is 9.59 Å². The van der Waals surface area contributed by atoms with Gasteiger partial charge < -0.3 is 14.8 Å². The summed E-state index contributed by atoms with van der Waals surface area (Å²) in [6.07, 6.45) is 3.34. The fourth-order valence-electron chi connectivity index (χ4n) is 5.83. The van der Waals surface area contributed by atoms with Crippen molar-refractivity contribution >= 4 is 34.3 Å². The van der Waals surface area contributed by atoms with Crippen molar-refractivity contribution in [3.8, 4) is 0 Å². The molecule has 0 saturated carbocycles. The van der Waals surface area contributed by atoms with Gasteiger partial charge in [0.25, 0.3) is 5.91 Å².